The highest BCUT2D eigenvalue weighted by Gasteiger charge is 2.01. The van der Waals surface area contributed by atoms with E-state index in [4.69, 9.17) is 0 Å². The van der Waals surface area contributed by atoms with Crippen LogP contribution in [0.2, 0.25) is 0 Å². The summed E-state index contributed by atoms with van der Waals surface area (Å²) in [7, 11) is 1.81. The molecule has 0 fully saturated rings. The second-order valence-corrected chi connectivity index (χ2v) is 3.89. The molecule has 0 atom stereocenters. The Balaban J connectivity index is 2.63. The second-order valence-electron chi connectivity index (χ2n) is 3.89. The first kappa shape index (κ1) is 12.0. The van der Waals surface area contributed by atoms with Crippen molar-refractivity contribution in [2.24, 2.45) is 7.05 Å². The van der Waals surface area contributed by atoms with Crippen LogP contribution in [0.4, 0.5) is 0 Å². The SMILES string of the molecule is CCCCNCc1ccc(C)n(C)c1=O. The van der Waals surface area contributed by atoms with Gasteiger partial charge < -0.3 is 9.88 Å². The third-order valence-corrected chi connectivity index (χ3v) is 2.66. The number of rotatable bonds is 5. The molecule has 1 heterocycles. The van der Waals surface area contributed by atoms with Crippen LogP contribution in [0.3, 0.4) is 0 Å². The molecular formula is C12H20N2O. The van der Waals surface area contributed by atoms with Gasteiger partial charge in [-0.2, -0.15) is 0 Å². The first-order valence-electron chi connectivity index (χ1n) is 5.53. The van der Waals surface area contributed by atoms with Gasteiger partial charge in [-0.05, 0) is 26.0 Å². The monoisotopic (exact) mass is 208 g/mol. The fraction of sp³-hybridized carbons (Fsp3) is 0.583. The second kappa shape index (κ2) is 5.71. The molecule has 0 bridgehead atoms. The van der Waals surface area contributed by atoms with Gasteiger partial charge in [0.05, 0.1) is 0 Å². The van der Waals surface area contributed by atoms with Gasteiger partial charge in [-0.1, -0.05) is 19.4 Å². The molecule has 3 nitrogen and oxygen atoms in total. The standard InChI is InChI=1S/C12H20N2O/c1-4-5-8-13-9-11-7-6-10(2)14(3)12(11)15/h6-7,13H,4-5,8-9H2,1-3H3. The molecule has 1 rings (SSSR count). The minimum absolute atomic E-state index is 0.110. The largest absolute Gasteiger partial charge is 0.316 e. The van der Waals surface area contributed by atoms with Crippen molar-refractivity contribution in [3.8, 4) is 0 Å². The summed E-state index contributed by atoms with van der Waals surface area (Å²) in [6.07, 6.45) is 2.34. The summed E-state index contributed by atoms with van der Waals surface area (Å²) < 4.78 is 1.69. The number of hydrogen-bond acceptors (Lipinski definition) is 2. The first-order valence-corrected chi connectivity index (χ1v) is 5.53. The Morgan fingerprint density at radius 2 is 2.13 bits per heavy atom. The van der Waals surface area contributed by atoms with Crippen LogP contribution in [0.1, 0.15) is 31.0 Å². The van der Waals surface area contributed by atoms with E-state index in [1.807, 2.05) is 26.1 Å². The van der Waals surface area contributed by atoms with Crippen LogP contribution in [0.25, 0.3) is 0 Å². The van der Waals surface area contributed by atoms with E-state index in [0.717, 1.165) is 24.2 Å². The zero-order valence-electron chi connectivity index (χ0n) is 9.84. The Hall–Kier alpha value is -1.09. The summed E-state index contributed by atoms with van der Waals surface area (Å²) in [5, 5.41) is 3.28. The number of nitrogens with one attached hydrogen (secondary N) is 1. The molecule has 0 saturated heterocycles. The molecule has 0 aromatic carbocycles. The van der Waals surface area contributed by atoms with Crippen molar-refractivity contribution >= 4 is 0 Å². The number of aromatic nitrogens is 1. The van der Waals surface area contributed by atoms with E-state index in [9.17, 15) is 4.79 Å². The molecule has 0 amide bonds. The van der Waals surface area contributed by atoms with Crippen LogP contribution in [0.5, 0.6) is 0 Å². The van der Waals surface area contributed by atoms with E-state index in [-0.39, 0.29) is 5.56 Å². The molecule has 1 N–H and O–H groups in total. The molecule has 1 aromatic rings. The summed E-state index contributed by atoms with van der Waals surface area (Å²) in [6.45, 7) is 5.75. The first-order chi connectivity index (χ1) is 7.16. The molecule has 0 saturated carbocycles. The maximum Gasteiger partial charge on any atom is 0.254 e. The molecule has 1 aromatic heterocycles. The van der Waals surface area contributed by atoms with Crippen LogP contribution in [0, 0.1) is 6.92 Å². The third-order valence-electron chi connectivity index (χ3n) is 2.66. The van der Waals surface area contributed by atoms with Gasteiger partial charge in [0.15, 0.2) is 0 Å². The topological polar surface area (TPSA) is 34.0 Å². The zero-order chi connectivity index (χ0) is 11.3. The Labute approximate surface area is 91.1 Å². The van der Waals surface area contributed by atoms with Gasteiger partial charge in [0.1, 0.15) is 0 Å². The van der Waals surface area contributed by atoms with Gasteiger partial charge in [-0.25, -0.2) is 0 Å². The van der Waals surface area contributed by atoms with Gasteiger partial charge in [-0.3, -0.25) is 4.79 Å². The van der Waals surface area contributed by atoms with Crippen LogP contribution < -0.4 is 10.9 Å². The molecule has 0 aliphatic heterocycles. The average Bonchev–Trinajstić information content (AvgIpc) is 2.24. The van der Waals surface area contributed by atoms with Gasteiger partial charge in [0.25, 0.3) is 5.56 Å². The Bertz CT molecular complexity index is 368. The van der Waals surface area contributed by atoms with Crippen molar-refractivity contribution < 1.29 is 0 Å². The lowest BCUT2D eigenvalue weighted by Crippen LogP contribution is -2.26. The molecule has 0 aliphatic carbocycles. The van der Waals surface area contributed by atoms with Crippen LogP contribution in [-0.4, -0.2) is 11.1 Å². The third kappa shape index (κ3) is 3.20. The van der Waals surface area contributed by atoms with Crippen LogP contribution >= 0.6 is 0 Å². The molecule has 0 radical (unpaired) electrons. The summed E-state index contributed by atoms with van der Waals surface area (Å²) in [5.74, 6) is 0. The van der Waals surface area contributed by atoms with E-state index >= 15 is 0 Å². The highest BCUT2D eigenvalue weighted by molar-refractivity contribution is 5.14. The zero-order valence-corrected chi connectivity index (χ0v) is 9.84. The summed E-state index contributed by atoms with van der Waals surface area (Å²) in [4.78, 5) is 11.8. The summed E-state index contributed by atoms with van der Waals surface area (Å²) in [5.41, 5.74) is 1.95. The van der Waals surface area contributed by atoms with E-state index in [1.54, 1.807) is 4.57 Å². The molecular weight excluding hydrogens is 188 g/mol. The lowest BCUT2D eigenvalue weighted by atomic mass is 10.2. The molecule has 0 spiro atoms. The molecule has 3 heteroatoms. The Morgan fingerprint density at radius 1 is 1.40 bits per heavy atom. The molecule has 0 unspecified atom stereocenters. The fourth-order valence-electron chi connectivity index (χ4n) is 1.44. The van der Waals surface area contributed by atoms with Gasteiger partial charge >= 0.3 is 0 Å². The minimum atomic E-state index is 0.110. The van der Waals surface area contributed by atoms with Gasteiger partial charge in [0, 0.05) is 24.8 Å². The Kier molecular flexibility index (Phi) is 4.56. The number of pyridine rings is 1. The normalized spacial score (nSPS) is 10.6. The van der Waals surface area contributed by atoms with Crippen molar-refractivity contribution in [2.45, 2.75) is 33.2 Å². The van der Waals surface area contributed by atoms with Crippen LogP contribution in [0.15, 0.2) is 16.9 Å². The predicted octanol–water partition coefficient (Wildman–Crippen LogP) is 1.58. The van der Waals surface area contributed by atoms with E-state index in [0.29, 0.717) is 6.54 Å². The molecule has 0 aliphatic rings. The van der Waals surface area contributed by atoms with Crippen molar-refractivity contribution in [1.82, 2.24) is 9.88 Å². The summed E-state index contributed by atoms with van der Waals surface area (Å²) in [6, 6.07) is 3.90. The fourth-order valence-corrected chi connectivity index (χ4v) is 1.44. The molecule has 15 heavy (non-hydrogen) atoms. The lowest BCUT2D eigenvalue weighted by molar-refractivity contribution is 0.632. The summed E-state index contributed by atoms with van der Waals surface area (Å²) >= 11 is 0. The number of aryl methyl sites for hydroxylation is 1. The van der Waals surface area contributed by atoms with Crippen LogP contribution in [-0.2, 0) is 13.6 Å². The minimum Gasteiger partial charge on any atom is -0.316 e. The van der Waals surface area contributed by atoms with Crippen molar-refractivity contribution in [3.05, 3.63) is 33.7 Å². The number of hydrogen-bond donors (Lipinski definition) is 1. The Morgan fingerprint density at radius 3 is 2.80 bits per heavy atom. The smallest absolute Gasteiger partial charge is 0.254 e. The van der Waals surface area contributed by atoms with E-state index in [1.165, 1.54) is 6.42 Å². The maximum absolute atomic E-state index is 11.8. The lowest BCUT2D eigenvalue weighted by Gasteiger charge is -2.07. The highest BCUT2D eigenvalue weighted by atomic mass is 16.1. The van der Waals surface area contributed by atoms with Gasteiger partial charge in [-0.15, -0.1) is 0 Å². The predicted molar refractivity (Wildman–Crippen MR) is 63.0 cm³/mol. The molecule has 84 valence electrons. The average molecular weight is 208 g/mol. The van der Waals surface area contributed by atoms with Crippen molar-refractivity contribution in [3.63, 3.8) is 0 Å². The van der Waals surface area contributed by atoms with Gasteiger partial charge in [0.2, 0.25) is 0 Å². The number of unbranched alkanes of at least 4 members (excludes halogenated alkanes) is 1. The quantitative estimate of drug-likeness (QED) is 0.745. The highest BCUT2D eigenvalue weighted by Crippen LogP contribution is 1.96. The number of nitrogens with zero attached hydrogens (tertiary/aromatic N) is 1. The van der Waals surface area contributed by atoms with Crippen molar-refractivity contribution in [1.29, 1.82) is 0 Å². The van der Waals surface area contributed by atoms with Crippen molar-refractivity contribution in [2.75, 3.05) is 6.54 Å². The van der Waals surface area contributed by atoms with E-state index < -0.39 is 0 Å². The maximum atomic E-state index is 11.8. The van der Waals surface area contributed by atoms with E-state index in [2.05, 4.69) is 12.2 Å².